The number of carbonyl (C=O) groups excluding carboxylic acids is 1. The van der Waals surface area contributed by atoms with E-state index in [1.807, 2.05) is 0 Å². The van der Waals surface area contributed by atoms with Crippen molar-refractivity contribution in [1.29, 1.82) is 0 Å². The van der Waals surface area contributed by atoms with Crippen LogP contribution in [0, 0.1) is 18.2 Å². The molecule has 2 rings (SSSR count). The standard InChI is InChI=1S/C15H11ClFNO2S/c1-3-9(2)20-13-8-12(11(17)7-10(13)16)18-15(19)14-5-4-6-21-14/h1,4-9H,2H3,(H,18,19). The molecule has 0 radical (unpaired) electrons. The van der Waals surface area contributed by atoms with Crippen molar-refractivity contribution in [3.8, 4) is 18.1 Å². The Kier molecular flexibility index (Phi) is 4.84. The minimum absolute atomic E-state index is 0.0166. The number of terminal acetylenes is 1. The van der Waals surface area contributed by atoms with Crippen molar-refractivity contribution in [2.24, 2.45) is 0 Å². The second kappa shape index (κ2) is 6.61. The summed E-state index contributed by atoms with van der Waals surface area (Å²) >= 11 is 7.15. The number of benzene rings is 1. The Morgan fingerprint density at radius 3 is 2.95 bits per heavy atom. The first-order chi connectivity index (χ1) is 10.0. The van der Waals surface area contributed by atoms with Gasteiger partial charge < -0.3 is 10.1 Å². The van der Waals surface area contributed by atoms with Crippen LogP contribution in [0.3, 0.4) is 0 Å². The molecule has 1 unspecified atom stereocenters. The van der Waals surface area contributed by atoms with Crippen LogP contribution >= 0.6 is 22.9 Å². The molecule has 108 valence electrons. The predicted molar refractivity (Wildman–Crippen MR) is 82.6 cm³/mol. The van der Waals surface area contributed by atoms with Crippen molar-refractivity contribution < 1.29 is 13.9 Å². The highest BCUT2D eigenvalue weighted by molar-refractivity contribution is 7.12. The van der Waals surface area contributed by atoms with Crippen LogP contribution in [0.5, 0.6) is 5.75 Å². The highest BCUT2D eigenvalue weighted by Crippen LogP contribution is 2.31. The summed E-state index contributed by atoms with van der Waals surface area (Å²) in [5.41, 5.74) is -0.0166. The fourth-order valence-corrected chi connectivity index (χ4v) is 2.35. The van der Waals surface area contributed by atoms with Gasteiger partial charge in [-0.25, -0.2) is 4.39 Å². The molecule has 0 saturated heterocycles. The molecule has 6 heteroatoms. The topological polar surface area (TPSA) is 38.3 Å². The SMILES string of the molecule is C#CC(C)Oc1cc(NC(=O)c2cccs2)c(F)cc1Cl. The molecule has 0 aliphatic heterocycles. The number of ether oxygens (including phenoxy) is 1. The first kappa shape index (κ1) is 15.4. The summed E-state index contributed by atoms with van der Waals surface area (Å²) in [7, 11) is 0. The van der Waals surface area contributed by atoms with Crippen LogP contribution in [0.4, 0.5) is 10.1 Å². The van der Waals surface area contributed by atoms with Gasteiger partial charge >= 0.3 is 0 Å². The summed E-state index contributed by atoms with van der Waals surface area (Å²) in [4.78, 5) is 12.4. The van der Waals surface area contributed by atoms with Gasteiger partial charge in [-0.2, -0.15) is 0 Å². The molecule has 1 aromatic heterocycles. The number of rotatable bonds is 4. The molecule has 0 saturated carbocycles. The zero-order valence-electron chi connectivity index (χ0n) is 11.0. The number of hydrogen-bond donors (Lipinski definition) is 1. The molecule has 1 amide bonds. The summed E-state index contributed by atoms with van der Waals surface area (Å²) in [6.45, 7) is 1.66. The van der Waals surface area contributed by atoms with E-state index in [0.29, 0.717) is 4.88 Å². The predicted octanol–water partition coefficient (Wildman–Crippen LogP) is 4.19. The normalized spacial score (nSPS) is 11.5. The quantitative estimate of drug-likeness (QED) is 0.857. The molecular formula is C15H11ClFNO2S. The number of anilines is 1. The number of halogens is 2. The van der Waals surface area contributed by atoms with E-state index in [9.17, 15) is 9.18 Å². The van der Waals surface area contributed by atoms with Crippen LogP contribution in [-0.2, 0) is 0 Å². The van der Waals surface area contributed by atoms with Gasteiger partial charge in [0.2, 0.25) is 0 Å². The molecule has 3 nitrogen and oxygen atoms in total. The molecule has 0 aliphatic rings. The van der Waals surface area contributed by atoms with E-state index in [1.54, 1.807) is 24.4 Å². The summed E-state index contributed by atoms with van der Waals surface area (Å²) in [6, 6.07) is 5.77. The molecule has 1 N–H and O–H groups in total. The molecule has 0 bridgehead atoms. The maximum absolute atomic E-state index is 13.9. The van der Waals surface area contributed by atoms with Gasteiger partial charge in [0, 0.05) is 6.07 Å². The highest BCUT2D eigenvalue weighted by atomic mass is 35.5. The molecule has 1 atom stereocenters. The summed E-state index contributed by atoms with van der Waals surface area (Å²) < 4.78 is 19.2. The first-order valence-corrected chi connectivity index (χ1v) is 7.23. The first-order valence-electron chi connectivity index (χ1n) is 5.98. The van der Waals surface area contributed by atoms with E-state index in [4.69, 9.17) is 22.8 Å². The van der Waals surface area contributed by atoms with Gasteiger partial charge in [-0.1, -0.05) is 23.6 Å². The second-order valence-corrected chi connectivity index (χ2v) is 5.48. The van der Waals surface area contributed by atoms with Crippen molar-refractivity contribution in [1.82, 2.24) is 0 Å². The monoisotopic (exact) mass is 323 g/mol. The van der Waals surface area contributed by atoms with E-state index in [1.165, 1.54) is 17.4 Å². The zero-order chi connectivity index (χ0) is 15.4. The largest absolute Gasteiger partial charge is 0.476 e. The Balaban J connectivity index is 2.25. The van der Waals surface area contributed by atoms with E-state index in [0.717, 1.165) is 6.07 Å². The average Bonchev–Trinajstić information content (AvgIpc) is 2.98. The molecule has 1 aromatic carbocycles. The van der Waals surface area contributed by atoms with Crippen molar-refractivity contribution >= 4 is 34.5 Å². The van der Waals surface area contributed by atoms with Gasteiger partial charge in [0.25, 0.3) is 5.91 Å². The lowest BCUT2D eigenvalue weighted by atomic mass is 10.2. The molecular weight excluding hydrogens is 313 g/mol. The number of hydrogen-bond acceptors (Lipinski definition) is 3. The zero-order valence-corrected chi connectivity index (χ0v) is 12.6. The van der Waals surface area contributed by atoms with Crippen LogP contribution in [0.15, 0.2) is 29.6 Å². The third-order valence-corrected chi connectivity index (χ3v) is 3.72. The Bertz CT molecular complexity index is 694. The maximum atomic E-state index is 13.9. The van der Waals surface area contributed by atoms with Crippen molar-refractivity contribution in [3.63, 3.8) is 0 Å². The van der Waals surface area contributed by atoms with Crippen molar-refractivity contribution in [2.75, 3.05) is 5.32 Å². The van der Waals surface area contributed by atoms with E-state index in [-0.39, 0.29) is 16.5 Å². The fraction of sp³-hybridized carbons (Fsp3) is 0.133. The molecule has 1 heterocycles. The fourth-order valence-electron chi connectivity index (χ4n) is 1.53. The van der Waals surface area contributed by atoms with E-state index in [2.05, 4.69) is 11.2 Å². The van der Waals surface area contributed by atoms with Crippen LogP contribution in [0.1, 0.15) is 16.6 Å². The third kappa shape index (κ3) is 3.75. The Morgan fingerprint density at radius 1 is 1.57 bits per heavy atom. The number of amides is 1. The molecule has 0 fully saturated rings. The lowest BCUT2D eigenvalue weighted by molar-refractivity contribution is 0.103. The van der Waals surface area contributed by atoms with E-state index >= 15 is 0 Å². The number of nitrogens with one attached hydrogen (secondary N) is 1. The Labute approximate surface area is 130 Å². The van der Waals surface area contributed by atoms with Gasteiger partial charge in [0.15, 0.2) is 6.10 Å². The molecule has 21 heavy (non-hydrogen) atoms. The van der Waals surface area contributed by atoms with Crippen LogP contribution in [0.25, 0.3) is 0 Å². The number of carbonyl (C=O) groups is 1. The Morgan fingerprint density at radius 2 is 2.33 bits per heavy atom. The van der Waals surface area contributed by atoms with Gasteiger partial charge in [-0.3, -0.25) is 4.79 Å². The third-order valence-electron chi connectivity index (χ3n) is 2.55. The summed E-state index contributed by atoms with van der Waals surface area (Å²) in [5, 5.41) is 4.32. The lowest BCUT2D eigenvalue weighted by Crippen LogP contribution is -2.13. The highest BCUT2D eigenvalue weighted by Gasteiger charge is 2.15. The number of thiophene rings is 1. The minimum atomic E-state index is -0.648. The second-order valence-electron chi connectivity index (χ2n) is 4.12. The average molecular weight is 324 g/mol. The van der Waals surface area contributed by atoms with Crippen molar-refractivity contribution in [3.05, 3.63) is 45.4 Å². The molecule has 0 spiro atoms. The van der Waals surface area contributed by atoms with Gasteiger partial charge in [-0.15, -0.1) is 17.8 Å². The summed E-state index contributed by atoms with van der Waals surface area (Å²) in [5.74, 6) is 1.54. The van der Waals surface area contributed by atoms with Crippen LogP contribution in [0.2, 0.25) is 5.02 Å². The Hall–Kier alpha value is -2.03. The molecule has 0 aliphatic carbocycles. The summed E-state index contributed by atoms with van der Waals surface area (Å²) in [6.07, 6.45) is 4.70. The molecule has 2 aromatic rings. The van der Waals surface area contributed by atoms with Crippen molar-refractivity contribution in [2.45, 2.75) is 13.0 Å². The van der Waals surface area contributed by atoms with Gasteiger partial charge in [0.1, 0.15) is 11.6 Å². The maximum Gasteiger partial charge on any atom is 0.265 e. The van der Waals surface area contributed by atoms with Crippen LogP contribution < -0.4 is 10.1 Å². The van der Waals surface area contributed by atoms with Gasteiger partial charge in [-0.05, 0) is 24.4 Å². The lowest BCUT2D eigenvalue weighted by Gasteiger charge is -2.13. The van der Waals surface area contributed by atoms with Gasteiger partial charge in [0.05, 0.1) is 15.6 Å². The minimum Gasteiger partial charge on any atom is -0.476 e. The smallest absolute Gasteiger partial charge is 0.265 e. The van der Waals surface area contributed by atoms with Crippen LogP contribution in [-0.4, -0.2) is 12.0 Å². The van der Waals surface area contributed by atoms with E-state index < -0.39 is 17.8 Å².